The minimum Gasteiger partial charge on any atom is -0.491 e. The Balaban J connectivity index is 1.46. The molecule has 0 amide bonds. The van der Waals surface area contributed by atoms with Crippen molar-refractivity contribution in [2.75, 3.05) is 26.8 Å². The van der Waals surface area contributed by atoms with Crippen LogP contribution in [0.25, 0.3) is 0 Å². The number of methoxy groups -OCH3 is 1. The molecule has 1 aromatic carbocycles. The molecule has 3 aliphatic heterocycles. The van der Waals surface area contributed by atoms with Crippen molar-refractivity contribution in [3.8, 4) is 5.75 Å². The normalized spacial score (nSPS) is 31.8. The van der Waals surface area contributed by atoms with Crippen molar-refractivity contribution >= 4 is 5.84 Å². The Morgan fingerprint density at radius 3 is 2.91 bits per heavy atom. The summed E-state index contributed by atoms with van der Waals surface area (Å²) in [6.45, 7) is 1.86. The maximum atomic E-state index is 13.8. The van der Waals surface area contributed by atoms with E-state index in [-0.39, 0.29) is 18.2 Å². The van der Waals surface area contributed by atoms with Crippen molar-refractivity contribution in [1.82, 2.24) is 15.5 Å². The number of likely N-dealkylation sites (tertiary alicyclic amines) is 1. The maximum Gasteiger partial charge on any atom is 0.448 e. The highest BCUT2D eigenvalue weighted by molar-refractivity contribution is 5.90. The second kappa shape index (κ2) is 8.08. The molecule has 1 fully saturated rings. The third kappa shape index (κ3) is 3.86. The average molecular weight is 452 g/mol. The van der Waals surface area contributed by atoms with Crippen LogP contribution in [0.3, 0.4) is 0 Å². The highest BCUT2D eigenvalue weighted by Gasteiger charge is 2.45. The van der Waals surface area contributed by atoms with E-state index in [9.17, 15) is 17.6 Å². The second-order valence-corrected chi connectivity index (χ2v) is 8.42. The zero-order valence-corrected chi connectivity index (χ0v) is 17.4. The van der Waals surface area contributed by atoms with Crippen LogP contribution in [-0.2, 0) is 4.74 Å². The Kier molecular flexibility index (Phi) is 5.37. The molecule has 1 aromatic rings. The van der Waals surface area contributed by atoms with E-state index < -0.39 is 29.9 Å². The van der Waals surface area contributed by atoms with Gasteiger partial charge in [-0.2, -0.15) is 13.2 Å². The number of alkyl halides is 3. The fraction of sp³-hybridized carbons (Fsp3) is 0.500. The Labute approximate surface area is 183 Å². The van der Waals surface area contributed by atoms with Gasteiger partial charge in [0.05, 0.1) is 24.2 Å². The van der Waals surface area contributed by atoms with Gasteiger partial charge in [-0.1, -0.05) is 18.2 Å². The van der Waals surface area contributed by atoms with Crippen LogP contribution in [0.2, 0.25) is 0 Å². The highest BCUT2D eigenvalue weighted by atomic mass is 19.4. The van der Waals surface area contributed by atoms with Crippen LogP contribution in [0.4, 0.5) is 17.6 Å². The van der Waals surface area contributed by atoms with Gasteiger partial charge in [-0.3, -0.25) is 9.89 Å². The topological polar surface area (TPSA) is 58.1 Å². The first kappa shape index (κ1) is 21.3. The molecule has 172 valence electrons. The van der Waals surface area contributed by atoms with Crippen molar-refractivity contribution in [2.24, 2.45) is 4.99 Å². The minimum atomic E-state index is -4.54. The molecule has 3 heterocycles. The zero-order chi connectivity index (χ0) is 22.5. The van der Waals surface area contributed by atoms with Gasteiger partial charge in [-0.05, 0) is 18.6 Å². The van der Waals surface area contributed by atoms with Crippen LogP contribution in [0.15, 0.2) is 47.1 Å². The predicted octanol–water partition coefficient (Wildman–Crippen LogP) is 2.69. The third-order valence-electron chi connectivity index (χ3n) is 6.50. The van der Waals surface area contributed by atoms with Gasteiger partial charge in [0.15, 0.2) is 0 Å². The van der Waals surface area contributed by atoms with Crippen LogP contribution in [0.1, 0.15) is 18.0 Å². The fourth-order valence-electron chi connectivity index (χ4n) is 4.86. The highest BCUT2D eigenvalue weighted by Crippen LogP contribution is 2.38. The Bertz CT molecular complexity index is 977. The standard InChI is InChI=1S/C22H24F4N4O2/c1-31-13-7-8-30(10-13)17-11-32-18-9-12(23)5-6-14(18)19(17)27-15-3-2-4-16-20(15)29-21(28-16)22(24,25)26/h2-6,9,13,16-17,19-20,27H,7-8,10-11H2,1H3,(H,28,29)/t13-,16?,17?,19+,20?/m1/s1. The van der Waals surface area contributed by atoms with Crippen LogP contribution >= 0.6 is 0 Å². The number of rotatable bonds is 4. The van der Waals surface area contributed by atoms with Gasteiger partial charge in [0.1, 0.15) is 24.2 Å². The number of benzene rings is 1. The number of nitrogens with zero attached hydrogens (tertiary/aromatic N) is 2. The zero-order valence-electron chi connectivity index (χ0n) is 17.4. The van der Waals surface area contributed by atoms with Gasteiger partial charge in [-0.25, -0.2) is 4.39 Å². The van der Waals surface area contributed by atoms with Crippen LogP contribution in [0, 0.1) is 5.82 Å². The first-order valence-electron chi connectivity index (χ1n) is 10.6. The predicted molar refractivity (Wildman–Crippen MR) is 110 cm³/mol. The van der Waals surface area contributed by atoms with Crippen molar-refractivity contribution in [3.63, 3.8) is 0 Å². The number of amidine groups is 1. The van der Waals surface area contributed by atoms with Crippen LogP contribution in [-0.4, -0.2) is 67.9 Å². The van der Waals surface area contributed by atoms with E-state index >= 15 is 0 Å². The summed E-state index contributed by atoms with van der Waals surface area (Å²) in [5.41, 5.74) is 1.35. The number of halogens is 4. The lowest BCUT2D eigenvalue weighted by Gasteiger charge is -2.41. The minimum absolute atomic E-state index is 0.0983. The average Bonchev–Trinajstić information content (AvgIpc) is 3.41. The summed E-state index contributed by atoms with van der Waals surface area (Å²) in [6, 6.07) is 2.70. The van der Waals surface area contributed by atoms with E-state index in [1.165, 1.54) is 12.1 Å². The lowest BCUT2D eigenvalue weighted by atomic mass is 9.92. The lowest BCUT2D eigenvalue weighted by Crippen LogP contribution is -2.51. The quantitative estimate of drug-likeness (QED) is 0.689. The van der Waals surface area contributed by atoms with E-state index in [1.54, 1.807) is 31.4 Å². The van der Waals surface area contributed by atoms with E-state index in [1.807, 2.05) is 0 Å². The molecular weight excluding hydrogens is 428 g/mol. The summed E-state index contributed by atoms with van der Waals surface area (Å²) in [5, 5.41) is 5.91. The Hall–Kier alpha value is -2.59. The summed E-state index contributed by atoms with van der Waals surface area (Å²) < 4.78 is 64.9. The van der Waals surface area contributed by atoms with Crippen molar-refractivity contribution < 1.29 is 27.0 Å². The molecule has 0 aromatic heterocycles. The third-order valence-corrected chi connectivity index (χ3v) is 6.50. The van der Waals surface area contributed by atoms with Gasteiger partial charge in [-0.15, -0.1) is 0 Å². The van der Waals surface area contributed by atoms with Crippen LogP contribution < -0.4 is 15.4 Å². The van der Waals surface area contributed by atoms with E-state index in [2.05, 4.69) is 20.5 Å². The Morgan fingerprint density at radius 2 is 2.16 bits per heavy atom. The Morgan fingerprint density at radius 1 is 1.31 bits per heavy atom. The van der Waals surface area contributed by atoms with Crippen molar-refractivity contribution in [3.05, 3.63) is 53.5 Å². The molecule has 3 unspecified atom stereocenters. The fourth-order valence-corrected chi connectivity index (χ4v) is 4.86. The van der Waals surface area contributed by atoms with E-state index in [0.717, 1.165) is 25.1 Å². The van der Waals surface area contributed by atoms with Crippen molar-refractivity contribution in [1.29, 1.82) is 0 Å². The van der Waals surface area contributed by atoms with Crippen molar-refractivity contribution in [2.45, 2.75) is 42.9 Å². The monoisotopic (exact) mass is 452 g/mol. The van der Waals surface area contributed by atoms with Gasteiger partial charge in [0, 0.05) is 37.5 Å². The lowest BCUT2D eigenvalue weighted by molar-refractivity contribution is -0.0612. The summed E-state index contributed by atoms with van der Waals surface area (Å²) in [5.74, 6) is -0.935. The molecule has 32 heavy (non-hydrogen) atoms. The number of nitrogens with one attached hydrogen (secondary N) is 2. The first-order chi connectivity index (χ1) is 15.3. The van der Waals surface area contributed by atoms with Crippen LogP contribution in [0.5, 0.6) is 5.75 Å². The summed E-state index contributed by atoms with van der Waals surface area (Å²) >= 11 is 0. The molecule has 0 spiro atoms. The molecule has 5 atom stereocenters. The molecule has 0 bridgehead atoms. The molecule has 6 nitrogen and oxygen atoms in total. The summed E-state index contributed by atoms with van der Waals surface area (Å²) in [6.07, 6.45) is 1.61. The molecular formula is C22H24F4N4O2. The molecule has 5 rings (SSSR count). The molecule has 1 saturated heterocycles. The molecule has 0 saturated carbocycles. The summed E-state index contributed by atoms with van der Waals surface area (Å²) in [4.78, 5) is 6.18. The van der Waals surface area contributed by atoms with E-state index in [4.69, 9.17) is 9.47 Å². The molecule has 2 N–H and O–H groups in total. The number of hydrogen-bond acceptors (Lipinski definition) is 6. The SMILES string of the molecule is CO[C@@H]1CCN(C2COc3cc(F)ccc3[C@@H]2NC2=CC=CC3NC(C(F)(F)F)=NC23)C1. The molecule has 1 aliphatic carbocycles. The van der Waals surface area contributed by atoms with Gasteiger partial charge in [0.2, 0.25) is 5.84 Å². The van der Waals surface area contributed by atoms with Gasteiger partial charge in [0.25, 0.3) is 0 Å². The molecule has 0 radical (unpaired) electrons. The largest absolute Gasteiger partial charge is 0.491 e. The number of ether oxygens (including phenoxy) is 2. The maximum absolute atomic E-state index is 13.8. The molecule has 10 heteroatoms. The number of allylic oxidation sites excluding steroid dienone is 2. The second-order valence-electron chi connectivity index (χ2n) is 8.42. The number of fused-ring (bicyclic) bond motifs is 2. The first-order valence-corrected chi connectivity index (χ1v) is 10.6. The smallest absolute Gasteiger partial charge is 0.448 e. The van der Waals surface area contributed by atoms with E-state index in [0.29, 0.717) is 18.1 Å². The van der Waals surface area contributed by atoms with Gasteiger partial charge < -0.3 is 20.1 Å². The molecule has 4 aliphatic rings. The summed E-state index contributed by atoms with van der Waals surface area (Å²) in [7, 11) is 1.68. The van der Waals surface area contributed by atoms with Gasteiger partial charge >= 0.3 is 6.18 Å². The number of aliphatic imine (C=N–C) groups is 1. The number of hydrogen-bond donors (Lipinski definition) is 2.